The van der Waals surface area contributed by atoms with E-state index in [1.165, 1.54) is 17.3 Å². The van der Waals surface area contributed by atoms with Gasteiger partial charge in [0.1, 0.15) is 5.82 Å². The predicted octanol–water partition coefficient (Wildman–Crippen LogP) is 5.48. The maximum atomic E-state index is 12.9. The summed E-state index contributed by atoms with van der Waals surface area (Å²) in [5.74, 6) is 1.42. The van der Waals surface area contributed by atoms with E-state index in [1.54, 1.807) is 6.20 Å². The van der Waals surface area contributed by atoms with Crippen LogP contribution in [0.25, 0.3) is 11.4 Å². The Morgan fingerprint density at radius 3 is 2.41 bits per heavy atom. The van der Waals surface area contributed by atoms with Gasteiger partial charge in [0, 0.05) is 30.5 Å². The molecule has 174 valence electrons. The lowest BCUT2D eigenvalue weighted by Crippen LogP contribution is -2.34. The van der Waals surface area contributed by atoms with Crippen molar-refractivity contribution in [2.45, 2.75) is 43.8 Å². The topological polar surface area (TPSA) is 84.7 Å². The normalized spacial score (nSPS) is 11.3. The Bertz CT molecular complexity index is 1240. The van der Waals surface area contributed by atoms with Gasteiger partial charge in [0.05, 0.1) is 4.75 Å². The molecule has 0 aliphatic heterocycles. The molecule has 34 heavy (non-hydrogen) atoms. The van der Waals surface area contributed by atoms with Crippen LogP contribution < -0.4 is 10.6 Å². The summed E-state index contributed by atoms with van der Waals surface area (Å²) in [7, 11) is 0. The number of anilines is 2. The largest absolute Gasteiger partial charge is 0.366 e. The Morgan fingerprint density at radius 1 is 1.00 bits per heavy atom. The van der Waals surface area contributed by atoms with E-state index in [0.29, 0.717) is 18.2 Å². The zero-order valence-electron chi connectivity index (χ0n) is 19.5. The second kappa shape index (κ2) is 10.5. The Balaban J connectivity index is 1.50. The average molecular weight is 473 g/mol. The molecule has 0 spiro atoms. The third-order valence-corrected chi connectivity index (χ3v) is 6.47. The van der Waals surface area contributed by atoms with Crippen LogP contribution in [0.5, 0.6) is 0 Å². The molecule has 1 amide bonds. The fourth-order valence-electron chi connectivity index (χ4n) is 3.40. The molecule has 2 aromatic carbocycles. The van der Waals surface area contributed by atoms with Crippen LogP contribution in [-0.2, 0) is 17.9 Å². The molecule has 0 radical (unpaired) electrons. The standard InChI is InChI=1S/C26H28N6OS/c1-4-32-23(20-15-16-27-22(17-20)28-18-19-11-7-5-8-12-19)30-31-25(32)34-26(2,3)24(33)29-21-13-9-6-10-14-21/h5-17H,4,18H2,1-3H3,(H,27,28)(H,29,33). The van der Waals surface area contributed by atoms with Crippen molar-refractivity contribution in [2.24, 2.45) is 0 Å². The number of carbonyl (C=O) groups excluding carboxylic acids is 1. The van der Waals surface area contributed by atoms with Gasteiger partial charge in [0.25, 0.3) is 0 Å². The van der Waals surface area contributed by atoms with E-state index in [4.69, 9.17) is 0 Å². The number of rotatable bonds is 9. The third kappa shape index (κ3) is 5.63. The van der Waals surface area contributed by atoms with E-state index in [0.717, 1.165) is 22.9 Å². The lowest BCUT2D eigenvalue weighted by atomic mass is 10.2. The lowest BCUT2D eigenvalue weighted by molar-refractivity contribution is -0.117. The number of carbonyl (C=O) groups is 1. The van der Waals surface area contributed by atoms with Gasteiger partial charge >= 0.3 is 0 Å². The Labute approximate surface area is 204 Å². The fraction of sp³-hybridized carbons (Fsp3) is 0.231. The van der Waals surface area contributed by atoms with Gasteiger partial charge in [0.2, 0.25) is 5.91 Å². The molecule has 0 atom stereocenters. The summed E-state index contributed by atoms with van der Waals surface area (Å²) >= 11 is 1.40. The molecule has 2 N–H and O–H groups in total. The summed E-state index contributed by atoms with van der Waals surface area (Å²) in [6.07, 6.45) is 1.77. The van der Waals surface area contributed by atoms with Gasteiger partial charge in [-0.2, -0.15) is 0 Å². The van der Waals surface area contributed by atoms with Crippen LogP contribution in [-0.4, -0.2) is 30.4 Å². The molecule has 0 aliphatic carbocycles. The summed E-state index contributed by atoms with van der Waals surface area (Å²) in [6, 6.07) is 23.5. The van der Waals surface area contributed by atoms with Crippen molar-refractivity contribution in [2.75, 3.05) is 10.6 Å². The summed E-state index contributed by atoms with van der Waals surface area (Å²) < 4.78 is 1.28. The number of aromatic nitrogens is 4. The number of benzene rings is 2. The van der Waals surface area contributed by atoms with Crippen LogP contribution in [0.15, 0.2) is 84.1 Å². The minimum absolute atomic E-state index is 0.0905. The minimum atomic E-state index is -0.742. The molecule has 0 unspecified atom stereocenters. The van der Waals surface area contributed by atoms with Crippen molar-refractivity contribution < 1.29 is 4.79 Å². The zero-order chi connectivity index (χ0) is 24.0. The van der Waals surface area contributed by atoms with Crippen molar-refractivity contribution in [3.8, 4) is 11.4 Å². The van der Waals surface area contributed by atoms with E-state index in [2.05, 4.69) is 37.9 Å². The SMILES string of the molecule is CCn1c(SC(C)(C)C(=O)Nc2ccccc2)nnc1-c1ccnc(NCc2ccccc2)c1. The number of hydrogen-bond acceptors (Lipinski definition) is 6. The number of nitrogens with zero attached hydrogens (tertiary/aromatic N) is 4. The van der Waals surface area contributed by atoms with Crippen molar-refractivity contribution in [3.05, 3.63) is 84.6 Å². The van der Waals surface area contributed by atoms with Gasteiger partial charge in [-0.1, -0.05) is 60.3 Å². The molecule has 0 aliphatic rings. The molecule has 4 rings (SSSR count). The molecular weight excluding hydrogens is 444 g/mol. The van der Waals surface area contributed by atoms with Crippen molar-refractivity contribution >= 4 is 29.2 Å². The van der Waals surface area contributed by atoms with Crippen LogP contribution >= 0.6 is 11.8 Å². The number of para-hydroxylation sites is 1. The Kier molecular flexibility index (Phi) is 7.27. The van der Waals surface area contributed by atoms with Crippen molar-refractivity contribution in [1.29, 1.82) is 0 Å². The number of hydrogen-bond donors (Lipinski definition) is 2. The molecular formula is C26H28N6OS. The second-order valence-electron chi connectivity index (χ2n) is 8.25. The molecule has 4 aromatic rings. The van der Waals surface area contributed by atoms with Gasteiger partial charge in [-0.25, -0.2) is 4.98 Å². The van der Waals surface area contributed by atoms with E-state index in [1.807, 2.05) is 86.0 Å². The highest BCUT2D eigenvalue weighted by molar-refractivity contribution is 8.01. The molecule has 8 heteroatoms. The highest BCUT2D eigenvalue weighted by Crippen LogP contribution is 2.34. The predicted molar refractivity (Wildman–Crippen MR) is 138 cm³/mol. The summed E-state index contributed by atoms with van der Waals surface area (Å²) in [5, 5.41) is 15.9. The minimum Gasteiger partial charge on any atom is -0.366 e. The maximum absolute atomic E-state index is 12.9. The first-order valence-electron chi connectivity index (χ1n) is 11.2. The van der Waals surface area contributed by atoms with Crippen molar-refractivity contribution in [3.63, 3.8) is 0 Å². The number of nitrogens with one attached hydrogen (secondary N) is 2. The molecule has 0 saturated carbocycles. The van der Waals surface area contributed by atoms with E-state index in [9.17, 15) is 4.79 Å². The summed E-state index contributed by atoms with van der Waals surface area (Å²) in [5.41, 5.74) is 2.87. The molecule has 0 fully saturated rings. The van der Waals surface area contributed by atoms with Crippen LogP contribution in [0.4, 0.5) is 11.5 Å². The van der Waals surface area contributed by atoms with E-state index >= 15 is 0 Å². The zero-order valence-corrected chi connectivity index (χ0v) is 20.3. The molecule has 0 saturated heterocycles. The van der Waals surface area contributed by atoms with Gasteiger partial charge in [-0.3, -0.25) is 4.79 Å². The fourth-order valence-corrected chi connectivity index (χ4v) is 4.40. The number of amides is 1. The van der Waals surface area contributed by atoms with Crippen LogP contribution in [0, 0.1) is 0 Å². The Hall–Kier alpha value is -3.65. The third-order valence-electron chi connectivity index (χ3n) is 5.29. The highest BCUT2D eigenvalue weighted by Gasteiger charge is 2.32. The first kappa shape index (κ1) is 23.5. The van der Waals surface area contributed by atoms with Gasteiger partial charge in [-0.15, -0.1) is 10.2 Å². The quantitative estimate of drug-likeness (QED) is 0.314. The maximum Gasteiger partial charge on any atom is 0.240 e. The van der Waals surface area contributed by atoms with E-state index in [-0.39, 0.29) is 5.91 Å². The molecule has 2 heterocycles. The summed E-state index contributed by atoms with van der Waals surface area (Å²) in [6.45, 7) is 7.19. The first-order chi connectivity index (χ1) is 16.5. The van der Waals surface area contributed by atoms with Crippen LogP contribution in [0.3, 0.4) is 0 Å². The number of thioether (sulfide) groups is 1. The van der Waals surface area contributed by atoms with Gasteiger partial charge in [0.15, 0.2) is 11.0 Å². The van der Waals surface area contributed by atoms with E-state index < -0.39 is 4.75 Å². The Morgan fingerprint density at radius 2 is 1.71 bits per heavy atom. The summed E-state index contributed by atoms with van der Waals surface area (Å²) in [4.78, 5) is 17.4. The monoisotopic (exact) mass is 472 g/mol. The molecule has 7 nitrogen and oxygen atoms in total. The molecule has 0 bridgehead atoms. The lowest BCUT2D eigenvalue weighted by Gasteiger charge is -2.22. The van der Waals surface area contributed by atoms with Gasteiger partial charge < -0.3 is 15.2 Å². The highest BCUT2D eigenvalue weighted by atomic mass is 32.2. The average Bonchev–Trinajstić information content (AvgIpc) is 3.26. The van der Waals surface area contributed by atoms with Crippen LogP contribution in [0.2, 0.25) is 0 Å². The van der Waals surface area contributed by atoms with Crippen LogP contribution in [0.1, 0.15) is 26.3 Å². The molecule has 2 aromatic heterocycles. The first-order valence-corrected chi connectivity index (χ1v) is 12.0. The smallest absolute Gasteiger partial charge is 0.240 e. The van der Waals surface area contributed by atoms with Crippen molar-refractivity contribution in [1.82, 2.24) is 19.7 Å². The van der Waals surface area contributed by atoms with Gasteiger partial charge in [-0.05, 0) is 50.6 Å². The second-order valence-corrected chi connectivity index (χ2v) is 9.84. The number of pyridine rings is 1.